The van der Waals surface area contributed by atoms with Crippen molar-refractivity contribution in [3.63, 3.8) is 0 Å². The van der Waals surface area contributed by atoms with Gasteiger partial charge in [-0.25, -0.2) is 0 Å². The molecule has 0 aromatic heterocycles. The highest BCUT2D eigenvalue weighted by Crippen LogP contribution is 2.44. The van der Waals surface area contributed by atoms with Crippen LogP contribution in [0, 0.1) is 17.8 Å². The van der Waals surface area contributed by atoms with Crippen LogP contribution in [0.1, 0.15) is 89.0 Å². The fourth-order valence-corrected chi connectivity index (χ4v) is 5.37. The molecule has 29 heavy (non-hydrogen) atoms. The van der Waals surface area contributed by atoms with Crippen LogP contribution in [0.5, 0.6) is 5.75 Å². The van der Waals surface area contributed by atoms with Gasteiger partial charge in [-0.2, -0.15) is 17.6 Å². The van der Waals surface area contributed by atoms with Gasteiger partial charge < -0.3 is 4.74 Å². The lowest BCUT2D eigenvalue weighted by Crippen LogP contribution is -2.33. The summed E-state index contributed by atoms with van der Waals surface area (Å²) in [5.74, 6) is 2.86. The van der Waals surface area contributed by atoms with Crippen molar-refractivity contribution < 1.29 is 22.3 Å². The van der Waals surface area contributed by atoms with Crippen LogP contribution in [0.4, 0.5) is 17.6 Å². The van der Waals surface area contributed by atoms with Crippen LogP contribution in [0.2, 0.25) is 0 Å². The quantitative estimate of drug-likeness (QED) is 0.390. The topological polar surface area (TPSA) is 9.23 Å². The molecule has 0 aliphatic heterocycles. The van der Waals surface area contributed by atoms with E-state index in [2.05, 4.69) is 11.7 Å². The molecule has 0 amide bonds. The number of alkyl halides is 4. The molecule has 0 atom stereocenters. The average Bonchev–Trinajstić information content (AvgIpc) is 2.73. The second kappa shape index (κ2) is 10.2. The maximum absolute atomic E-state index is 13.0. The zero-order valence-corrected chi connectivity index (χ0v) is 17.4. The highest BCUT2D eigenvalue weighted by molar-refractivity contribution is 5.30. The molecule has 1 aromatic carbocycles. The zero-order valence-electron chi connectivity index (χ0n) is 17.4. The minimum absolute atomic E-state index is 0.215. The standard InChI is InChI=1S/C24H34F4O/c1-2-3-4-17-5-7-18(8-6-17)19-9-11-20(12-10-19)21-13-15-22(16-14-21)29-24(27,28)23(25)26/h13-20,23H,2-12H2,1H3. The summed E-state index contributed by atoms with van der Waals surface area (Å²) in [6.45, 7) is 2.27. The van der Waals surface area contributed by atoms with Gasteiger partial charge in [0.15, 0.2) is 0 Å². The molecule has 0 bridgehead atoms. The number of halogens is 4. The molecule has 3 rings (SSSR count). The third-order valence-corrected chi connectivity index (χ3v) is 7.16. The summed E-state index contributed by atoms with van der Waals surface area (Å²) >= 11 is 0. The van der Waals surface area contributed by atoms with E-state index in [9.17, 15) is 17.6 Å². The van der Waals surface area contributed by atoms with Gasteiger partial charge in [-0.3, -0.25) is 0 Å². The molecular formula is C24H34F4O. The highest BCUT2D eigenvalue weighted by Gasteiger charge is 2.44. The van der Waals surface area contributed by atoms with Crippen LogP contribution in [0.15, 0.2) is 24.3 Å². The van der Waals surface area contributed by atoms with Crippen LogP contribution in [-0.4, -0.2) is 12.5 Å². The normalized spacial score (nSPS) is 28.5. The third kappa shape index (κ3) is 6.11. The second-order valence-corrected chi connectivity index (χ2v) is 9.07. The Morgan fingerprint density at radius 2 is 1.45 bits per heavy atom. The molecular weight excluding hydrogens is 380 g/mol. The predicted molar refractivity (Wildman–Crippen MR) is 108 cm³/mol. The Bertz CT molecular complexity index is 600. The van der Waals surface area contributed by atoms with Crippen molar-refractivity contribution in [2.45, 2.75) is 96.0 Å². The highest BCUT2D eigenvalue weighted by atomic mass is 19.3. The molecule has 0 N–H and O–H groups in total. The van der Waals surface area contributed by atoms with Gasteiger partial charge in [-0.15, -0.1) is 0 Å². The van der Waals surface area contributed by atoms with E-state index in [-0.39, 0.29) is 5.75 Å². The van der Waals surface area contributed by atoms with Crippen molar-refractivity contribution in [1.29, 1.82) is 0 Å². The van der Waals surface area contributed by atoms with E-state index in [1.807, 2.05) is 0 Å². The largest absolute Gasteiger partial charge is 0.461 e. The molecule has 2 aliphatic carbocycles. The van der Waals surface area contributed by atoms with E-state index >= 15 is 0 Å². The summed E-state index contributed by atoms with van der Waals surface area (Å²) in [6, 6.07) is 6.27. The number of ether oxygens (including phenoxy) is 1. The third-order valence-electron chi connectivity index (χ3n) is 7.16. The minimum atomic E-state index is -4.45. The molecule has 0 unspecified atom stereocenters. The molecule has 2 saturated carbocycles. The summed E-state index contributed by atoms with van der Waals surface area (Å²) < 4.78 is 54.7. The SMILES string of the molecule is CCCCC1CCC(C2CCC(c3ccc(OC(F)(F)C(F)F)cc3)CC2)CC1. The summed E-state index contributed by atoms with van der Waals surface area (Å²) in [7, 11) is 0. The Kier molecular flexibility index (Phi) is 7.86. The molecule has 2 aliphatic rings. The number of rotatable bonds is 8. The number of unbranched alkanes of at least 4 members (excludes halogenated alkanes) is 1. The van der Waals surface area contributed by atoms with Crippen LogP contribution in [-0.2, 0) is 0 Å². The predicted octanol–water partition coefficient (Wildman–Crippen LogP) is 8.19. The van der Waals surface area contributed by atoms with E-state index in [1.165, 1.54) is 69.9 Å². The van der Waals surface area contributed by atoms with E-state index in [0.29, 0.717) is 5.92 Å². The van der Waals surface area contributed by atoms with Crippen LogP contribution in [0.3, 0.4) is 0 Å². The Hall–Kier alpha value is -1.26. The molecule has 164 valence electrons. The summed E-state index contributed by atoms with van der Waals surface area (Å²) in [6.07, 6.45) is 6.05. The number of hydrogen-bond acceptors (Lipinski definition) is 1. The van der Waals surface area contributed by atoms with E-state index in [1.54, 1.807) is 12.1 Å². The fourth-order valence-electron chi connectivity index (χ4n) is 5.37. The van der Waals surface area contributed by atoms with Crippen molar-refractivity contribution >= 4 is 0 Å². The van der Waals surface area contributed by atoms with Crippen LogP contribution in [0.25, 0.3) is 0 Å². The van der Waals surface area contributed by atoms with Gasteiger partial charge in [0.05, 0.1) is 0 Å². The van der Waals surface area contributed by atoms with Gasteiger partial charge in [0.25, 0.3) is 0 Å². The van der Waals surface area contributed by atoms with Crippen molar-refractivity contribution in [3.05, 3.63) is 29.8 Å². The smallest absolute Gasteiger partial charge is 0.428 e. The molecule has 0 saturated heterocycles. The van der Waals surface area contributed by atoms with Crippen molar-refractivity contribution in [1.82, 2.24) is 0 Å². The lowest BCUT2D eigenvalue weighted by Gasteiger charge is -2.38. The lowest BCUT2D eigenvalue weighted by molar-refractivity contribution is -0.253. The zero-order chi connectivity index (χ0) is 20.9. The number of benzene rings is 1. The summed E-state index contributed by atoms with van der Waals surface area (Å²) in [5.41, 5.74) is 1.10. The minimum Gasteiger partial charge on any atom is -0.428 e. The Morgan fingerprint density at radius 3 is 1.97 bits per heavy atom. The van der Waals surface area contributed by atoms with Crippen LogP contribution < -0.4 is 4.74 Å². The van der Waals surface area contributed by atoms with Crippen molar-refractivity contribution in [2.75, 3.05) is 0 Å². The fraction of sp³-hybridized carbons (Fsp3) is 0.750. The molecule has 0 spiro atoms. The molecule has 0 heterocycles. The Labute approximate surface area is 172 Å². The first-order chi connectivity index (χ1) is 13.9. The van der Waals surface area contributed by atoms with Gasteiger partial charge in [0, 0.05) is 0 Å². The molecule has 1 nitrogen and oxygen atoms in total. The van der Waals surface area contributed by atoms with Crippen molar-refractivity contribution in [2.24, 2.45) is 17.8 Å². The molecule has 2 fully saturated rings. The van der Waals surface area contributed by atoms with Gasteiger partial charge in [-0.05, 0) is 79.9 Å². The molecule has 0 radical (unpaired) electrons. The van der Waals surface area contributed by atoms with Gasteiger partial charge in [-0.1, -0.05) is 51.2 Å². The molecule has 5 heteroatoms. The lowest BCUT2D eigenvalue weighted by atomic mass is 9.68. The molecule has 1 aromatic rings. The maximum atomic E-state index is 13.0. The first-order valence-electron chi connectivity index (χ1n) is 11.3. The van der Waals surface area contributed by atoms with Crippen molar-refractivity contribution in [3.8, 4) is 5.75 Å². The maximum Gasteiger partial charge on any atom is 0.461 e. The summed E-state index contributed by atoms with van der Waals surface area (Å²) in [4.78, 5) is 0. The summed E-state index contributed by atoms with van der Waals surface area (Å²) in [5, 5.41) is 0. The monoisotopic (exact) mass is 414 g/mol. The van der Waals surface area contributed by atoms with E-state index in [4.69, 9.17) is 0 Å². The first-order valence-corrected chi connectivity index (χ1v) is 11.3. The van der Waals surface area contributed by atoms with Crippen LogP contribution >= 0.6 is 0 Å². The van der Waals surface area contributed by atoms with E-state index < -0.39 is 12.5 Å². The Morgan fingerprint density at radius 1 is 0.897 bits per heavy atom. The van der Waals surface area contributed by atoms with Gasteiger partial charge in [0.1, 0.15) is 5.75 Å². The average molecular weight is 415 g/mol. The van der Waals surface area contributed by atoms with Gasteiger partial charge >= 0.3 is 12.5 Å². The first kappa shape index (κ1) is 22.4. The Balaban J connectivity index is 1.45. The van der Waals surface area contributed by atoms with Gasteiger partial charge in [0.2, 0.25) is 0 Å². The number of hydrogen-bond donors (Lipinski definition) is 0. The second-order valence-electron chi connectivity index (χ2n) is 9.07. The van der Waals surface area contributed by atoms with E-state index in [0.717, 1.165) is 36.2 Å².